The van der Waals surface area contributed by atoms with Gasteiger partial charge in [-0.2, -0.15) is 0 Å². The predicted octanol–water partition coefficient (Wildman–Crippen LogP) is 3.10. The highest BCUT2D eigenvalue weighted by Gasteiger charge is 2.24. The lowest BCUT2D eigenvalue weighted by Gasteiger charge is -2.28. The Morgan fingerprint density at radius 1 is 1.29 bits per heavy atom. The maximum Gasteiger partial charge on any atom is 0.124 e. The molecule has 0 amide bonds. The molecule has 1 unspecified atom stereocenters. The summed E-state index contributed by atoms with van der Waals surface area (Å²) in [6.07, 6.45) is 5.32. The highest BCUT2D eigenvalue weighted by atomic mass is 16.5. The van der Waals surface area contributed by atoms with Crippen molar-refractivity contribution in [2.24, 2.45) is 5.92 Å². The van der Waals surface area contributed by atoms with Gasteiger partial charge >= 0.3 is 0 Å². The summed E-state index contributed by atoms with van der Waals surface area (Å²) in [5, 5.41) is 10.0. The molecule has 2 heteroatoms. The molecule has 1 aromatic carbocycles. The molecule has 0 spiro atoms. The second-order valence-corrected chi connectivity index (χ2v) is 5.08. The molecular weight excluding hydrogens is 212 g/mol. The van der Waals surface area contributed by atoms with Crippen LogP contribution in [0.15, 0.2) is 18.2 Å². The van der Waals surface area contributed by atoms with Gasteiger partial charge < -0.3 is 9.84 Å². The fourth-order valence-electron chi connectivity index (χ4n) is 2.87. The van der Waals surface area contributed by atoms with Crippen molar-refractivity contribution in [2.45, 2.75) is 45.1 Å². The number of para-hydroxylation sites is 1. The van der Waals surface area contributed by atoms with E-state index < -0.39 is 0 Å². The number of methoxy groups -OCH3 is 1. The summed E-state index contributed by atoms with van der Waals surface area (Å²) in [4.78, 5) is 0. The predicted molar refractivity (Wildman–Crippen MR) is 69.4 cm³/mol. The van der Waals surface area contributed by atoms with Gasteiger partial charge in [0.25, 0.3) is 0 Å². The Kier molecular flexibility index (Phi) is 4.06. The summed E-state index contributed by atoms with van der Waals surface area (Å²) in [5.74, 6) is 1.39. The number of hydrogen-bond acceptors (Lipinski definition) is 2. The number of benzene rings is 1. The first-order chi connectivity index (χ1) is 8.22. The lowest BCUT2D eigenvalue weighted by atomic mass is 9.82. The Bertz CT molecular complexity index is 373. The fraction of sp³-hybridized carbons (Fsp3) is 0.600. The van der Waals surface area contributed by atoms with Gasteiger partial charge in [0.05, 0.1) is 13.2 Å². The van der Waals surface area contributed by atoms with E-state index in [1.807, 2.05) is 0 Å². The van der Waals surface area contributed by atoms with Crippen LogP contribution in [0, 0.1) is 12.8 Å². The van der Waals surface area contributed by atoms with E-state index in [2.05, 4.69) is 25.1 Å². The first-order valence-corrected chi connectivity index (χ1v) is 6.53. The molecule has 0 aromatic heterocycles. The summed E-state index contributed by atoms with van der Waals surface area (Å²) in [6.45, 7) is 2.07. The van der Waals surface area contributed by atoms with E-state index in [-0.39, 0.29) is 6.10 Å². The van der Waals surface area contributed by atoms with Crippen molar-refractivity contribution in [3.63, 3.8) is 0 Å². The van der Waals surface area contributed by atoms with E-state index in [1.165, 1.54) is 24.0 Å². The minimum atomic E-state index is -0.131. The molecule has 1 aromatic rings. The maximum atomic E-state index is 10.0. The molecule has 1 fully saturated rings. The number of aryl methyl sites for hydroxylation is 1. The van der Waals surface area contributed by atoms with Gasteiger partial charge in [0.15, 0.2) is 0 Å². The monoisotopic (exact) mass is 234 g/mol. The second-order valence-electron chi connectivity index (χ2n) is 5.08. The Hall–Kier alpha value is -1.02. The van der Waals surface area contributed by atoms with Gasteiger partial charge in [-0.25, -0.2) is 0 Å². The largest absolute Gasteiger partial charge is 0.496 e. The number of rotatable bonds is 3. The molecule has 0 saturated heterocycles. The highest BCUT2D eigenvalue weighted by molar-refractivity contribution is 5.41. The van der Waals surface area contributed by atoms with Gasteiger partial charge in [0, 0.05) is 0 Å². The topological polar surface area (TPSA) is 29.5 Å². The van der Waals surface area contributed by atoms with Crippen LogP contribution < -0.4 is 4.74 Å². The smallest absolute Gasteiger partial charge is 0.124 e. The summed E-state index contributed by atoms with van der Waals surface area (Å²) in [6, 6.07) is 6.26. The van der Waals surface area contributed by atoms with Crippen LogP contribution in [-0.4, -0.2) is 18.3 Å². The Labute approximate surface area is 104 Å². The maximum absolute atomic E-state index is 10.0. The summed E-state index contributed by atoms with van der Waals surface area (Å²) >= 11 is 0. The molecular formula is C15H22O2. The van der Waals surface area contributed by atoms with Crippen LogP contribution in [0.2, 0.25) is 0 Å². The summed E-state index contributed by atoms with van der Waals surface area (Å²) in [5.41, 5.74) is 2.41. The molecule has 0 aliphatic heterocycles. The summed E-state index contributed by atoms with van der Waals surface area (Å²) in [7, 11) is 1.73. The van der Waals surface area contributed by atoms with Gasteiger partial charge in [-0.3, -0.25) is 0 Å². The van der Waals surface area contributed by atoms with Crippen molar-refractivity contribution in [1.29, 1.82) is 0 Å². The molecule has 2 atom stereocenters. The van der Waals surface area contributed by atoms with Crippen LogP contribution in [0.1, 0.15) is 36.8 Å². The standard InChI is InChI=1S/C15H22O2/c1-11-6-5-8-13(15(11)17-2)10-12-7-3-4-9-14(12)16/h5-6,8,12,14,16H,3-4,7,9-10H2,1-2H3/t12?,14-/m1/s1. The van der Waals surface area contributed by atoms with Crippen molar-refractivity contribution in [2.75, 3.05) is 7.11 Å². The molecule has 0 bridgehead atoms. The number of aliphatic hydroxyl groups excluding tert-OH is 1. The average molecular weight is 234 g/mol. The van der Waals surface area contributed by atoms with Crippen molar-refractivity contribution >= 4 is 0 Å². The number of hydrogen-bond donors (Lipinski definition) is 1. The van der Waals surface area contributed by atoms with E-state index in [0.717, 1.165) is 25.0 Å². The number of aliphatic hydroxyl groups is 1. The van der Waals surface area contributed by atoms with E-state index in [4.69, 9.17) is 4.74 Å². The highest BCUT2D eigenvalue weighted by Crippen LogP contribution is 2.31. The Balaban J connectivity index is 2.14. The third-order valence-corrected chi connectivity index (χ3v) is 3.85. The van der Waals surface area contributed by atoms with E-state index in [9.17, 15) is 5.11 Å². The minimum Gasteiger partial charge on any atom is -0.496 e. The number of ether oxygens (including phenoxy) is 1. The van der Waals surface area contributed by atoms with Gasteiger partial charge in [0.1, 0.15) is 5.75 Å². The second kappa shape index (κ2) is 5.54. The van der Waals surface area contributed by atoms with Crippen LogP contribution in [0.3, 0.4) is 0 Å². The average Bonchev–Trinajstić information content (AvgIpc) is 2.32. The minimum absolute atomic E-state index is 0.131. The van der Waals surface area contributed by atoms with Crippen molar-refractivity contribution in [3.8, 4) is 5.75 Å². The molecule has 1 aliphatic rings. The van der Waals surface area contributed by atoms with Crippen LogP contribution in [0.5, 0.6) is 5.75 Å². The SMILES string of the molecule is COc1c(C)cccc1CC1CCCC[C@H]1O. The molecule has 1 aliphatic carbocycles. The third-order valence-electron chi connectivity index (χ3n) is 3.85. The van der Waals surface area contributed by atoms with E-state index in [0.29, 0.717) is 5.92 Å². The van der Waals surface area contributed by atoms with Gasteiger partial charge in [-0.05, 0) is 43.2 Å². The molecule has 2 nitrogen and oxygen atoms in total. The molecule has 94 valence electrons. The Morgan fingerprint density at radius 2 is 2.06 bits per heavy atom. The van der Waals surface area contributed by atoms with Gasteiger partial charge in [-0.15, -0.1) is 0 Å². The first-order valence-electron chi connectivity index (χ1n) is 6.53. The fourth-order valence-corrected chi connectivity index (χ4v) is 2.87. The Morgan fingerprint density at radius 3 is 2.76 bits per heavy atom. The molecule has 1 saturated carbocycles. The third kappa shape index (κ3) is 2.81. The van der Waals surface area contributed by atoms with Crippen LogP contribution in [0.4, 0.5) is 0 Å². The molecule has 0 radical (unpaired) electrons. The van der Waals surface area contributed by atoms with Crippen LogP contribution in [0.25, 0.3) is 0 Å². The zero-order valence-electron chi connectivity index (χ0n) is 10.8. The normalized spacial score (nSPS) is 24.6. The lowest BCUT2D eigenvalue weighted by molar-refractivity contribution is 0.0697. The van der Waals surface area contributed by atoms with Crippen LogP contribution in [-0.2, 0) is 6.42 Å². The van der Waals surface area contributed by atoms with Gasteiger partial charge in [-0.1, -0.05) is 31.0 Å². The molecule has 2 rings (SSSR count). The van der Waals surface area contributed by atoms with Crippen LogP contribution >= 0.6 is 0 Å². The molecule has 0 heterocycles. The van der Waals surface area contributed by atoms with Crippen molar-refractivity contribution in [3.05, 3.63) is 29.3 Å². The first kappa shape index (κ1) is 12.4. The van der Waals surface area contributed by atoms with E-state index in [1.54, 1.807) is 7.11 Å². The van der Waals surface area contributed by atoms with Crippen molar-refractivity contribution in [1.82, 2.24) is 0 Å². The summed E-state index contributed by atoms with van der Waals surface area (Å²) < 4.78 is 5.47. The zero-order valence-corrected chi connectivity index (χ0v) is 10.8. The zero-order chi connectivity index (χ0) is 12.3. The molecule has 17 heavy (non-hydrogen) atoms. The lowest BCUT2D eigenvalue weighted by Crippen LogP contribution is -2.26. The molecule has 1 N–H and O–H groups in total. The van der Waals surface area contributed by atoms with Crippen molar-refractivity contribution < 1.29 is 9.84 Å². The van der Waals surface area contributed by atoms with E-state index >= 15 is 0 Å². The quantitative estimate of drug-likeness (QED) is 0.870. The van der Waals surface area contributed by atoms with Gasteiger partial charge in [0.2, 0.25) is 0 Å².